The molecule has 0 spiro atoms. The average molecular weight is 413 g/mol. The van der Waals surface area contributed by atoms with Gasteiger partial charge in [0, 0.05) is 38.4 Å². The summed E-state index contributed by atoms with van der Waals surface area (Å²) >= 11 is 0. The molecule has 7 nitrogen and oxygen atoms in total. The Morgan fingerprint density at radius 3 is 2.77 bits per heavy atom. The van der Waals surface area contributed by atoms with E-state index in [4.69, 9.17) is 14.0 Å². The molecule has 1 unspecified atom stereocenters. The molecule has 30 heavy (non-hydrogen) atoms. The molecule has 2 aliphatic heterocycles. The van der Waals surface area contributed by atoms with E-state index in [0.29, 0.717) is 12.6 Å². The van der Waals surface area contributed by atoms with Gasteiger partial charge in [-0.2, -0.15) is 0 Å². The van der Waals surface area contributed by atoms with Crippen LogP contribution in [-0.4, -0.2) is 61.6 Å². The van der Waals surface area contributed by atoms with Crippen molar-refractivity contribution in [3.63, 3.8) is 0 Å². The summed E-state index contributed by atoms with van der Waals surface area (Å²) in [7, 11) is 1.82. The van der Waals surface area contributed by atoms with Crippen molar-refractivity contribution < 1.29 is 14.0 Å². The maximum Gasteiger partial charge on any atom is 0.193 e. The molecule has 4 rings (SSSR count). The van der Waals surface area contributed by atoms with E-state index in [2.05, 4.69) is 20.4 Å². The van der Waals surface area contributed by atoms with Crippen molar-refractivity contribution in [3.05, 3.63) is 42.1 Å². The molecule has 162 valence electrons. The van der Waals surface area contributed by atoms with E-state index in [1.54, 1.807) is 0 Å². The Kier molecular flexibility index (Phi) is 7.37. The third-order valence-electron chi connectivity index (χ3n) is 5.79. The number of aliphatic imine (C=N–C) groups is 1. The molecule has 0 bridgehead atoms. The molecule has 2 fully saturated rings. The van der Waals surface area contributed by atoms with Crippen molar-refractivity contribution in [3.8, 4) is 11.3 Å². The fourth-order valence-electron chi connectivity index (χ4n) is 4.05. The molecule has 0 aliphatic carbocycles. The van der Waals surface area contributed by atoms with E-state index in [9.17, 15) is 0 Å². The van der Waals surface area contributed by atoms with Crippen LogP contribution in [0.25, 0.3) is 11.3 Å². The minimum Gasteiger partial charge on any atom is -0.376 e. The van der Waals surface area contributed by atoms with Gasteiger partial charge >= 0.3 is 0 Å². The van der Waals surface area contributed by atoms with Crippen molar-refractivity contribution in [2.24, 2.45) is 4.99 Å². The molecule has 0 saturated carbocycles. The highest BCUT2D eigenvalue weighted by Gasteiger charge is 2.24. The first-order valence-corrected chi connectivity index (χ1v) is 11.0. The lowest BCUT2D eigenvalue weighted by Gasteiger charge is -2.35. The largest absolute Gasteiger partial charge is 0.376 e. The molecule has 1 N–H and O–H groups in total. The normalized spacial score (nSPS) is 21.0. The lowest BCUT2D eigenvalue weighted by atomic mass is 10.1. The van der Waals surface area contributed by atoms with Crippen molar-refractivity contribution in [2.75, 3.05) is 33.4 Å². The van der Waals surface area contributed by atoms with E-state index in [1.807, 2.05) is 43.4 Å². The molecule has 1 aromatic heterocycles. The summed E-state index contributed by atoms with van der Waals surface area (Å²) < 4.78 is 17.4. The van der Waals surface area contributed by atoms with E-state index in [0.717, 1.165) is 68.5 Å². The Morgan fingerprint density at radius 2 is 2.03 bits per heavy atom. The minimum absolute atomic E-state index is 0.287. The second-order valence-corrected chi connectivity index (χ2v) is 7.96. The third-order valence-corrected chi connectivity index (χ3v) is 5.79. The van der Waals surface area contributed by atoms with Crippen LogP contribution in [-0.2, 0) is 16.0 Å². The van der Waals surface area contributed by atoms with Crippen molar-refractivity contribution in [1.29, 1.82) is 0 Å². The van der Waals surface area contributed by atoms with Gasteiger partial charge in [0.25, 0.3) is 0 Å². The molecule has 0 radical (unpaired) electrons. The maximum absolute atomic E-state index is 6.12. The van der Waals surface area contributed by atoms with Gasteiger partial charge in [-0.05, 0) is 32.1 Å². The zero-order valence-electron chi connectivity index (χ0n) is 17.8. The number of aromatic nitrogens is 1. The van der Waals surface area contributed by atoms with E-state index < -0.39 is 0 Å². The Balaban J connectivity index is 1.21. The summed E-state index contributed by atoms with van der Waals surface area (Å²) in [6, 6.07) is 12.0. The smallest absolute Gasteiger partial charge is 0.193 e. The predicted molar refractivity (Wildman–Crippen MR) is 116 cm³/mol. The summed E-state index contributed by atoms with van der Waals surface area (Å²) in [6.07, 6.45) is 6.19. The quantitative estimate of drug-likeness (QED) is 0.579. The van der Waals surface area contributed by atoms with Gasteiger partial charge < -0.3 is 24.2 Å². The monoisotopic (exact) mass is 412 g/mol. The van der Waals surface area contributed by atoms with Crippen molar-refractivity contribution in [1.82, 2.24) is 15.4 Å². The summed E-state index contributed by atoms with van der Waals surface area (Å²) in [5.74, 6) is 1.68. The number of hydrogen-bond acceptors (Lipinski definition) is 5. The molecule has 2 aromatic rings. The predicted octanol–water partition coefficient (Wildman–Crippen LogP) is 3.47. The highest BCUT2D eigenvalue weighted by molar-refractivity contribution is 5.80. The summed E-state index contributed by atoms with van der Waals surface area (Å²) in [6.45, 7) is 4.06. The van der Waals surface area contributed by atoms with Gasteiger partial charge in [-0.3, -0.25) is 4.99 Å². The number of piperidine rings is 1. The summed E-state index contributed by atoms with van der Waals surface area (Å²) in [5, 5.41) is 7.59. The van der Waals surface area contributed by atoms with E-state index in [1.165, 1.54) is 12.8 Å². The van der Waals surface area contributed by atoms with Crippen LogP contribution in [0.1, 0.15) is 37.8 Å². The first kappa shape index (κ1) is 20.9. The second kappa shape index (κ2) is 10.6. The third kappa shape index (κ3) is 5.61. The average Bonchev–Trinajstić information content (AvgIpc) is 3.29. The molecular formula is C23H32N4O3. The molecule has 1 aromatic carbocycles. The summed E-state index contributed by atoms with van der Waals surface area (Å²) in [5.41, 5.74) is 1.89. The highest BCUT2D eigenvalue weighted by Crippen LogP contribution is 2.20. The SMILES string of the molecule is CN=C(NCc1cc(-c2ccccc2)on1)N1CCC(OCC2CCCCO2)CC1. The number of likely N-dealkylation sites (tertiary alicyclic amines) is 1. The van der Waals surface area contributed by atoms with Crippen LogP contribution in [0.15, 0.2) is 45.9 Å². The van der Waals surface area contributed by atoms with Gasteiger partial charge in [0.15, 0.2) is 11.7 Å². The van der Waals surface area contributed by atoms with Gasteiger partial charge in [-0.15, -0.1) is 0 Å². The van der Waals surface area contributed by atoms with Gasteiger partial charge in [-0.1, -0.05) is 35.5 Å². The molecular weight excluding hydrogens is 380 g/mol. The van der Waals surface area contributed by atoms with Crippen LogP contribution in [0.5, 0.6) is 0 Å². The number of nitrogens with one attached hydrogen (secondary N) is 1. The van der Waals surface area contributed by atoms with E-state index in [-0.39, 0.29) is 6.10 Å². The van der Waals surface area contributed by atoms with Crippen LogP contribution in [0.2, 0.25) is 0 Å². The molecule has 3 heterocycles. The number of hydrogen-bond donors (Lipinski definition) is 1. The van der Waals surface area contributed by atoms with Crippen molar-refractivity contribution in [2.45, 2.75) is 50.9 Å². The fraction of sp³-hybridized carbons (Fsp3) is 0.565. The molecule has 1 atom stereocenters. The first-order chi connectivity index (χ1) is 14.8. The topological polar surface area (TPSA) is 72.1 Å². The van der Waals surface area contributed by atoms with E-state index >= 15 is 0 Å². The fourth-order valence-corrected chi connectivity index (χ4v) is 4.05. The van der Waals surface area contributed by atoms with Crippen LogP contribution in [0, 0.1) is 0 Å². The molecule has 2 aliphatic rings. The zero-order chi connectivity index (χ0) is 20.6. The van der Waals surface area contributed by atoms with Crippen LogP contribution in [0.3, 0.4) is 0 Å². The van der Waals surface area contributed by atoms with Gasteiger partial charge in [0.05, 0.1) is 25.4 Å². The van der Waals surface area contributed by atoms with Crippen LogP contribution in [0.4, 0.5) is 0 Å². The van der Waals surface area contributed by atoms with Crippen LogP contribution < -0.4 is 5.32 Å². The molecule has 0 amide bonds. The Morgan fingerprint density at radius 1 is 1.20 bits per heavy atom. The van der Waals surface area contributed by atoms with Gasteiger partial charge in [-0.25, -0.2) is 0 Å². The number of ether oxygens (including phenoxy) is 2. The van der Waals surface area contributed by atoms with Crippen LogP contribution >= 0.6 is 0 Å². The maximum atomic E-state index is 6.12. The van der Waals surface area contributed by atoms with Crippen molar-refractivity contribution >= 4 is 5.96 Å². The lowest BCUT2D eigenvalue weighted by molar-refractivity contribution is -0.0721. The molecule has 7 heteroatoms. The Labute approximate surface area is 178 Å². The minimum atomic E-state index is 0.287. The highest BCUT2D eigenvalue weighted by atomic mass is 16.5. The zero-order valence-corrected chi connectivity index (χ0v) is 17.8. The van der Waals surface area contributed by atoms with Gasteiger partial charge in [0.2, 0.25) is 0 Å². The summed E-state index contributed by atoms with van der Waals surface area (Å²) in [4.78, 5) is 6.74. The molecule has 2 saturated heterocycles. The number of rotatable bonds is 6. The number of guanidine groups is 1. The Hall–Kier alpha value is -2.38. The van der Waals surface area contributed by atoms with Gasteiger partial charge in [0.1, 0.15) is 5.69 Å². The Bertz CT molecular complexity index is 794. The standard InChI is InChI=1S/C23H32N4O3/c1-24-23(25-16-19-15-22(30-26-19)18-7-3-2-4-8-18)27-12-10-20(11-13-27)29-17-21-9-5-6-14-28-21/h2-4,7-8,15,20-21H,5-6,9-14,16-17H2,1H3,(H,24,25). The number of nitrogens with zero attached hydrogens (tertiary/aromatic N) is 3. The second-order valence-electron chi connectivity index (χ2n) is 7.96. The lowest BCUT2D eigenvalue weighted by Crippen LogP contribution is -2.47. The first-order valence-electron chi connectivity index (χ1n) is 11.0. The number of benzene rings is 1.